The molecular formula is C22H16O. The summed E-state index contributed by atoms with van der Waals surface area (Å²) in [6, 6.07) is 28.2. The highest BCUT2D eigenvalue weighted by Crippen LogP contribution is 2.39. The Kier molecular flexibility index (Phi) is 3.39. The van der Waals surface area contributed by atoms with Crippen molar-refractivity contribution in [3.63, 3.8) is 0 Å². The molecule has 1 aliphatic rings. The Labute approximate surface area is 135 Å². The van der Waals surface area contributed by atoms with Gasteiger partial charge in [-0.2, -0.15) is 0 Å². The molecule has 0 atom stereocenters. The number of carbonyl (C=O) groups excluding carboxylic acids is 1. The first-order valence-corrected chi connectivity index (χ1v) is 7.81. The molecule has 0 aliphatic heterocycles. The lowest BCUT2D eigenvalue weighted by atomic mass is 9.95. The van der Waals surface area contributed by atoms with Gasteiger partial charge < -0.3 is 0 Å². The van der Waals surface area contributed by atoms with Gasteiger partial charge in [-0.25, -0.2) is 0 Å². The van der Waals surface area contributed by atoms with Crippen LogP contribution in [0, 0.1) is 0 Å². The molecule has 0 saturated heterocycles. The summed E-state index contributed by atoms with van der Waals surface area (Å²) in [5, 5.41) is 0. The number of benzene rings is 3. The molecule has 3 aromatic carbocycles. The summed E-state index contributed by atoms with van der Waals surface area (Å²) in [6.45, 7) is 0. The molecule has 0 aromatic heterocycles. The van der Waals surface area contributed by atoms with Crippen LogP contribution in [0.25, 0.3) is 11.1 Å². The van der Waals surface area contributed by atoms with Gasteiger partial charge in [0.2, 0.25) is 0 Å². The first kappa shape index (κ1) is 13.7. The minimum atomic E-state index is 0.137. The number of allylic oxidation sites excluding steroid dienone is 2. The van der Waals surface area contributed by atoms with Crippen LogP contribution in [0.15, 0.2) is 84.9 Å². The molecule has 1 nitrogen and oxygen atoms in total. The summed E-state index contributed by atoms with van der Waals surface area (Å²) in [5.41, 5.74) is 6.08. The molecule has 0 saturated carbocycles. The summed E-state index contributed by atoms with van der Waals surface area (Å²) in [7, 11) is 0. The van der Waals surface area contributed by atoms with E-state index in [1.807, 2.05) is 66.7 Å². The predicted octanol–water partition coefficient (Wildman–Crippen LogP) is 5.04. The van der Waals surface area contributed by atoms with Crippen molar-refractivity contribution in [2.45, 2.75) is 6.42 Å². The second-order valence-electron chi connectivity index (χ2n) is 5.76. The fourth-order valence-electron chi connectivity index (χ4n) is 3.24. The Balaban J connectivity index is 1.90. The van der Waals surface area contributed by atoms with E-state index in [1.54, 1.807) is 0 Å². The van der Waals surface area contributed by atoms with Gasteiger partial charge in [0.1, 0.15) is 0 Å². The zero-order valence-electron chi connectivity index (χ0n) is 12.7. The minimum Gasteiger partial charge on any atom is -0.289 e. The zero-order valence-corrected chi connectivity index (χ0v) is 12.7. The molecule has 0 spiro atoms. The molecule has 0 radical (unpaired) electrons. The molecule has 0 heterocycles. The highest BCUT2D eigenvalue weighted by atomic mass is 16.1. The maximum absolute atomic E-state index is 12.9. The lowest BCUT2D eigenvalue weighted by Crippen LogP contribution is -1.98. The minimum absolute atomic E-state index is 0.137. The largest absolute Gasteiger partial charge is 0.289 e. The van der Waals surface area contributed by atoms with E-state index < -0.39 is 0 Å². The van der Waals surface area contributed by atoms with Gasteiger partial charge in [0.05, 0.1) is 0 Å². The number of carbonyl (C=O) groups is 1. The zero-order chi connectivity index (χ0) is 15.6. The van der Waals surface area contributed by atoms with E-state index in [0.29, 0.717) is 0 Å². The number of Topliss-reactive ketones (excluding diaryl/α,β-unsaturated/α-hetero) is 1. The summed E-state index contributed by atoms with van der Waals surface area (Å²) in [5.74, 6) is 0.137. The van der Waals surface area contributed by atoms with Crippen LogP contribution in [0.5, 0.6) is 0 Å². The van der Waals surface area contributed by atoms with Crippen LogP contribution in [0.3, 0.4) is 0 Å². The number of fused-ring (bicyclic) bond motifs is 1. The quantitative estimate of drug-likeness (QED) is 0.662. The van der Waals surface area contributed by atoms with E-state index in [0.717, 1.165) is 34.3 Å². The van der Waals surface area contributed by atoms with Gasteiger partial charge in [0.15, 0.2) is 5.78 Å². The Bertz CT molecular complexity index is 890. The molecular weight excluding hydrogens is 280 g/mol. The topological polar surface area (TPSA) is 17.1 Å². The Morgan fingerprint density at radius 2 is 1.17 bits per heavy atom. The first-order chi connectivity index (χ1) is 11.3. The summed E-state index contributed by atoms with van der Waals surface area (Å²) in [4.78, 5) is 12.9. The summed E-state index contributed by atoms with van der Waals surface area (Å²) < 4.78 is 0. The van der Waals surface area contributed by atoms with Crippen LogP contribution in [-0.4, -0.2) is 5.78 Å². The average Bonchev–Trinajstić information content (AvgIpc) is 2.89. The monoisotopic (exact) mass is 296 g/mol. The van der Waals surface area contributed by atoms with Crippen molar-refractivity contribution in [2.24, 2.45) is 0 Å². The molecule has 0 unspecified atom stereocenters. The number of hydrogen-bond acceptors (Lipinski definition) is 1. The molecule has 4 rings (SSSR count). The van der Waals surface area contributed by atoms with Crippen LogP contribution in [0.1, 0.15) is 27.0 Å². The lowest BCUT2D eigenvalue weighted by Gasteiger charge is -2.08. The Morgan fingerprint density at radius 1 is 0.609 bits per heavy atom. The van der Waals surface area contributed by atoms with Crippen LogP contribution < -0.4 is 0 Å². The third-order valence-electron chi connectivity index (χ3n) is 4.31. The maximum atomic E-state index is 12.9. The van der Waals surface area contributed by atoms with Gasteiger partial charge in [0, 0.05) is 11.1 Å². The van der Waals surface area contributed by atoms with Gasteiger partial charge in [-0.3, -0.25) is 4.79 Å². The molecule has 0 bridgehead atoms. The van der Waals surface area contributed by atoms with Crippen molar-refractivity contribution in [3.05, 3.63) is 107 Å². The van der Waals surface area contributed by atoms with Crippen LogP contribution in [0.2, 0.25) is 0 Å². The van der Waals surface area contributed by atoms with E-state index in [4.69, 9.17) is 0 Å². The molecule has 3 aromatic rings. The molecule has 23 heavy (non-hydrogen) atoms. The molecule has 0 N–H and O–H groups in total. The van der Waals surface area contributed by atoms with Crippen molar-refractivity contribution in [3.8, 4) is 0 Å². The van der Waals surface area contributed by atoms with Gasteiger partial charge in [0.25, 0.3) is 0 Å². The van der Waals surface area contributed by atoms with Crippen LogP contribution >= 0.6 is 0 Å². The van der Waals surface area contributed by atoms with Gasteiger partial charge >= 0.3 is 0 Å². The lowest BCUT2D eigenvalue weighted by molar-refractivity contribution is 0.105. The van der Waals surface area contributed by atoms with Crippen molar-refractivity contribution < 1.29 is 4.79 Å². The Hall–Kier alpha value is -2.93. The fourth-order valence-corrected chi connectivity index (χ4v) is 3.24. The first-order valence-electron chi connectivity index (χ1n) is 7.81. The molecule has 0 amide bonds. The van der Waals surface area contributed by atoms with Gasteiger partial charge in [-0.15, -0.1) is 0 Å². The van der Waals surface area contributed by atoms with Gasteiger partial charge in [-0.05, 0) is 28.7 Å². The molecule has 0 fully saturated rings. The number of hydrogen-bond donors (Lipinski definition) is 0. The standard InChI is InChI=1S/C22H16O/c23-22-19-14-8-7-13-18(19)20(15-16-9-3-1-4-10-16)21(22)17-11-5-2-6-12-17/h1-14H,15H2. The number of rotatable bonds is 3. The van der Waals surface area contributed by atoms with Crippen LogP contribution in [-0.2, 0) is 6.42 Å². The third-order valence-corrected chi connectivity index (χ3v) is 4.31. The fraction of sp³-hybridized carbons (Fsp3) is 0.0455. The SMILES string of the molecule is O=C1C(c2ccccc2)=C(Cc2ccccc2)c2ccccc21. The van der Waals surface area contributed by atoms with Crippen molar-refractivity contribution in [1.29, 1.82) is 0 Å². The van der Waals surface area contributed by atoms with E-state index in [2.05, 4.69) is 18.2 Å². The van der Waals surface area contributed by atoms with Crippen LogP contribution in [0.4, 0.5) is 0 Å². The molecule has 1 heteroatoms. The second kappa shape index (κ2) is 5.69. The highest BCUT2D eigenvalue weighted by molar-refractivity contribution is 6.40. The Morgan fingerprint density at radius 3 is 1.87 bits per heavy atom. The van der Waals surface area contributed by atoms with Gasteiger partial charge in [-0.1, -0.05) is 84.9 Å². The molecule has 110 valence electrons. The maximum Gasteiger partial charge on any atom is 0.194 e. The average molecular weight is 296 g/mol. The highest BCUT2D eigenvalue weighted by Gasteiger charge is 2.29. The summed E-state index contributed by atoms with van der Waals surface area (Å²) >= 11 is 0. The normalized spacial score (nSPS) is 13.3. The second-order valence-corrected chi connectivity index (χ2v) is 5.76. The number of ketones is 1. The van der Waals surface area contributed by atoms with Crippen molar-refractivity contribution in [1.82, 2.24) is 0 Å². The van der Waals surface area contributed by atoms with E-state index >= 15 is 0 Å². The summed E-state index contributed by atoms with van der Waals surface area (Å²) in [6.07, 6.45) is 0.772. The smallest absolute Gasteiger partial charge is 0.194 e. The van der Waals surface area contributed by atoms with E-state index in [9.17, 15) is 4.79 Å². The molecule has 1 aliphatic carbocycles. The predicted molar refractivity (Wildman–Crippen MR) is 94.2 cm³/mol. The third kappa shape index (κ3) is 2.40. The van der Waals surface area contributed by atoms with E-state index in [1.165, 1.54) is 5.56 Å². The van der Waals surface area contributed by atoms with E-state index in [-0.39, 0.29) is 5.78 Å². The van der Waals surface area contributed by atoms with Crippen molar-refractivity contribution in [2.75, 3.05) is 0 Å². The van der Waals surface area contributed by atoms with Crippen molar-refractivity contribution >= 4 is 16.9 Å².